The van der Waals surface area contributed by atoms with E-state index in [1.807, 2.05) is 6.07 Å². The Kier molecular flexibility index (Phi) is 4.89. The minimum absolute atomic E-state index is 0.305. The molecule has 1 rings (SSSR count). The van der Waals surface area contributed by atoms with E-state index >= 15 is 0 Å². The molecule has 0 aliphatic carbocycles. The molecule has 2 amide bonds. The Hall–Kier alpha value is -2.15. The second-order valence-corrected chi connectivity index (χ2v) is 3.39. The molecule has 0 aliphatic rings. The molecule has 92 valence electrons. The van der Waals surface area contributed by atoms with Crippen LogP contribution in [0.4, 0.5) is 4.79 Å². The van der Waals surface area contributed by atoms with Crippen molar-refractivity contribution < 1.29 is 14.7 Å². The number of aromatic nitrogens is 1. The second-order valence-electron chi connectivity index (χ2n) is 3.39. The lowest BCUT2D eigenvalue weighted by atomic mass is 10.3. The summed E-state index contributed by atoms with van der Waals surface area (Å²) in [4.78, 5) is 25.5. The number of rotatable bonds is 5. The summed E-state index contributed by atoms with van der Waals surface area (Å²) < 4.78 is 0. The van der Waals surface area contributed by atoms with Gasteiger partial charge in [0.15, 0.2) is 0 Å². The number of hydrogen-bond acceptors (Lipinski definition) is 4. The first kappa shape index (κ1) is 12.9. The van der Waals surface area contributed by atoms with Gasteiger partial charge in [0.25, 0.3) is 0 Å². The number of pyridine rings is 1. The van der Waals surface area contributed by atoms with E-state index in [0.29, 0.717) is 6.54 Å². The molecule has 1 unspecified atom stereocenters. The van der Waals surface area contributed by atoms with Crippen molar-refractivity contribution >= 4 is 12.0 Å². The number of aliphatic carboxylic acids is 1. The SMILES string of the molecule is NC(CC(=O)O)NC(=O)NCc1cccnc1. The van der Waals surface area contributed by atoms with Gasteiger partial charge in [0.05, 0.1) is 12.6 Å². The van der Waals surface area contributed by atoms with Crippen molar-refractivity contribution in [2.24, 2.45) is 5.73 Å². The van der Waals surface area contributed by atoms with Gasteiger partial charge >= 0.3 is 12.0 Å². The summed E-state index contributed by atoms with van der Waals surface area (Å²) in [5, 5.41) is 13.3. The van der Waals surface area contributed by atoms with Gasteiger partial charge in [-0.15, -0.1) is 0 Å². The lowest BCUT2D eigenvalue weighted by Gasteiger charge is -2.12. The predicted molar refractivity (Wildman–Crippen MR) is 59.8 cm³/mol. The van der Waals surface area contributed by atoms with E-state index in [9.17, 15) is 9.59 Å². The number of nitrogens with zero attached hydrogens (tertiary/aromatic N) is 1. The summed E-state index contributed by atoms with van der Waals surface area (Å²) in [6.07, 6.45) is 2.03. The molecule has 1 atom stereocenters. The molecule has 0 spiro atoms. The summed E-state index contributed by atoms with van der Waals surface area (Å²) in [6.45, 7) is 0.305. The van der Waals surface area contributed by atoms with Gasteiger partial charge in [-0.05, 0) is 11.6 Å². The fraction of sp³-hybridized carbons (Fsp3) is 0.300. The molecular formula is C10H14N4O3. The van der Waals surface area contributed by atoms with Crippen molar-refractivity contribution in [2.75, 3.05) is 0 Å². The molecule has 0 bridgehead atoms. The van der Waals surface area contributed by atoms with Crippen molar-refractivity contribution in [3.8, 4) is 0 Å². The predicted octanol–water partition coefficient (Wildman–Crippen LogP) is -0.360. The van der Waals surface area contributed by atoms with Crippen molar-refractivity contribution in [2.45, 2.75) is 19.1 Å². The zero-order valence-electron chi connectivity index (χ0n) is 9.09. The molecule has 1 heterocycles. The Labute approximate surface area is 98.0 Å². The van der Waals surface area contributed by atoms with Gasteiger partial charge in [-0.2, -0.15) is 0 Å². The zero-order chi connectivity index (χ0) is 12.7. The minimum atomic E-state index is -1.06. The van der Waals surface area contributed by atoms with Crippen LogP contribution in [0.1, 0.15) is 12.0 Å². The lowest BCUT2D eigenvalue weighted by molar-refractivity contribution is -0.137. The summed E-state index contributed by atoms with van der Waals surface area (Å²) in [5.74, 6) is -1.06. The van der Waals surface area contributed by atoms with E-state index in [1.165, 1.54) is 0 Å². The van der Waals surface area contributed by atoms with Crippen LogP contribution in [0.2, 0.25) is 0 Å². The number of nitrogens with one attached hydrogen (secondary N) is 2. The van der Waals surface area contributed by atoms with E-state index in [2.05, 4.69) is 15.6 Å². The normalized spacial score (nSPS) is 11.6. The first-order valence-corrected chi connectivity index (χ1v) is 4.98. The standard InChI is InChI=1S/C10H14N4O3/c11-8(4-9(15)16)14-10(17)13-6-7-2-1-3-12-5-7/h1-3,5,8H,4,6,11H2,(H,15,16)(H2,13,14,17). The van der Waals surface area contributed by atoms with Gasteiger partial charge in [0, 0.05) is 18.9 Å². The summed E-state index contributed by atoms with van der Waals surface area (Å²) in [7, 11) is 0. The van der Waals surface area contributed by atoms with Crippen LogP contribution in [-0.4, -0.2) is 28.3 Å². The van der Waals surface area contributed by atoms with Crippen molar-refractivity contribution in [1.29, 1.82) is 0 Å². The van der Waals surface area contributed by atoms with Crippen LogP contribution in [-0.2, 0) is 11.3 Å². The number of amides is 2. The summed E-state index contributed by atoms with van der Waals surface area (Å²) in [6, 6.07) is 3.05. The van der Waals surface area contributed by atoms with Crippen molar-refractivity contribution in [3.63, 3.8) is 0 Å². The number of carbonyl (C=O) groups excluding carboxylic acids is 1. The third-order valence-electron chi connectivity index (χ3n) is 1.89. The third-order valence-corrected chi connectivity index (χ3v) is 1.89. The zero-order valence-corrected chi connectivity index (χ0v) is 9.09. The Balaban J connectivity index is 2.28. The molecule has 0 saturated heterocycles. The maximum Gasteiger partial charge on any atom is 0.316 e. The quantitative estimate of drug-likeness (QED) is 0.522. The fourth-order valence-corrected chi connectivity index (χ4v) is 1.14. The molecule has 1 aromatic heterocycles. The van der Waals surface area contributed by atoms with Gasteiger partial charge in [-0.3, -0.25) is 9.78 Å². The van der Waals surface area contributed by atoms with E-state index in [4.69, 9.17) is 10.8 Å². The van der Waals surface area contributed by atoms with Crippen LogP contribution in [0, 0.1) is 0 Å². The van der Waals surface area contributed by atoms with Crippen LogP contribution in [0.5, 0.6) is 0 Å². The van der Waals surface area contributed by atoms with Gasteiger partial charge in [0.2, 0.25) is 0 Å². The smallest absolute Gasteiger partial charge is 0.316 e. The molecule has 0 fully saturated rings. The van der Waals surface area contributed by atoms with Crippen molar-refractivity contribution in [3.05, 3.63) is 30.1 Å². The molecule has 0 aliphatic heterocycles. The first-order valence-electron chi connectivity index (χ1n) is 4.98. The highest BCUT2D eigenvalue weighted by Crippen LogP contribution is 1.94. The molecule has 0 aromatic carbocycles. The van der Waals surface area contributed by atoms with Gasteiger partial charge in [0.1, 0.15) is 0 Å². The summed E-state index contributed by atoms with van der Waals surface area (Å²) >= 11 is 0. The second kappa shape index (κ2) is 6.44. The molecule has 5 N–H and O–H groups in total. The topological polar surface area (TPSA) is 117 Å². The molecule has 0 saturated carbocycles. The highest BCUT2D eigenvalue weighted by molar-refractivity contribution is 5.75. The maximum absolute atomic E-state index is 11.3. The average Bonchev–Trinajstić information content (AvgIpc) is 2.26. The van der Waals surface area contributed by atoms with Crippen LogP contribution in [0.15, 0.2) is 24.5 Å². The molecule has 17 heavy (non-hydrogen) atoms. The van der Waals surface area contributed by atoms with Crippen LogP contribution >= 0.6 is 0 Å². The Morgan fingerprint density at radius 3 is 2.88 bits per heavy atom. The maximum atomic E-state index is 11.3. The number of urea groups is 1. The molecule has 0 radical (unpaired) electrons. The lowest BCUT2D eigenvalue weighted by Crippen LogP contribution is -2.47. The molecule has 1 aromatic rings. The molecule has 7 heteroatoms. The molecule has 7 nitrogen and oxygen atoms in total. The third kappa shape index (κ3) is 5.47. The highest BCUT2D eigenvalue weighted by Gasteiger charge is 2.10. The van der Waals surface area contributed by atoms with Gasteiger partial charge < -0.3 is 21.5 Å². The van der Waals surface area contributed by atoms with Gasteiger partial charge in [-0.25, -0.2) is 4.79 Å². The Bertz CT molecular complexity index is 382. The number of carbonyl (C=O) groups is 2. The largest absolute Gasteiger partial charge is 0.481 e. The number of carboxylic acids is 1. The van der Waals surface area contributed by atoms with Crippen molar-refractivity contribution in [1.82, 2.24) is 15.6 Å². The number of hydrogen-bond donors (Lipinski definition) is 4. The Morgan fingerprint density at radius 2 is 2.29 bits per heavy atom. The summed E-state index contributed by atoms with van der Waals surface area (Å²) in [5.41, 5.74) is 6.22. The number of carboxylic acid groups (broad SMARTS) is 1. The van der Waals surface area contributed by atoms with Crippen LogP contribution in [0.3, 0.4) is 0 Å². The fourth-order valence-electron chi connectivity index (χ4n) is 1.14. The monoisotopic (exact) mass is 238 g/mol. The molecular weight excluding hydrogens is 224 g/mol. The minimum Gasteiger partial charge on any atom is -0.481 e. The number of nitrogens with two attached hydrogens (primary N) is 1. The van der Waals surface area contributed by atoms with Crippen LogP contribution in [0.25, 0.3) is 0 Å². The van der Waals surface area contributed by atoms with E-state index in [0.717, 1.165) is 5.56 Å². The van der Waals surface area contributed by atoms with E-state index in [-0.39, 0.29) is 6.42 Å². The van der Waals surface area contributed by atoms with E-state index < -0.39 is 18.2 Å². The first-order chi connectivity index (χ1) is 8.08. The van der Waals surface area contributed by atoms with Gasteiger partial charge in [-0.1, -0.05) is 6.07 Å². The van der Waals surface area contributed by atoms with Crippen LogP contribution < -0.4 is 16.4 Å². The highest BCUT2D eigenvalue weighted by atomic mass is 16.4. The average molecular weight is 238 g/mol. The Morgan fingerprint density at radius 1 is 1.53 bits per heavy atom. The van der Waals surface area contributed by atoms with E-state index in [1.54, 1.807) is 18.5 Å².